The first-order chi connectivity index (χ1) is 8.20. The first kappa shape index (κ1) is 12.4. The fourth-order valence-electron chi connectivity index (χ4n) is 1.65. The van der Waals surface area contributed by atoms with Crippen molar-refractivity contribution in [3.8, 4) is 0 Å². The Hall–Kier alpha value is -1.03. The van der Waals surface area contributed by atoms with E-state index in [0.717, 1.165) is 17.7 Å². The highest BCUT2D eigenvalue weighted by atomic mass is 35.5. The van der Waals surface area contributed by atoms with Crippen molar-refractivity contribution >= 4 is 23.2 Å². The first-order valence-electron chi connectivity index (χ1n) is 5.21. The molecule has 0 bridgehead atoms. The molecule has 2 aromatic heterocycles. The quantitative estimate of drug-likeness (QED) is 0.925. The Morgan fingerprint density at radius 2 is 2.18 bits per heavy atom. The van der Waals surface area contributed by atoms with Crippen LogP contribution in [0.25, 0.3) is 0 Å². The van der Waals surface area contributed by atoms with Gasteiger partial charge in [0, 0.05) is 12.4 Å². The monoisotopic (exact) mass is 270 g/mol. The van der Waals surface area contributed by atoms with Gasteiger partial charge in [0.05, 0.1) is 11.1 Å². The van der Waals surface area contributed by atoms with Gasteiger partial charge in [-0.05, 0) is 48.8 Å². The molecule has 0 aromatic carbocycles. The number of halogens is 2. The van der Waals surface area contributed by atoms with E-state index in [-0.39, 0.29) is 6.04 Å². The molecule has 5 heteroatoms. The Morgan fingerprint density at radius 1 is 1.35 bits per heavy atom. The fraction of sp³-hybridized carbons (Fsp3) is 0.250. The van der Waals surface area contributed by atoms with Crippen LogP contribution in [0.1, 0.15) is 17.4 Å². The molecule has 1 N–H and O–H groups in total. The Balaban J connectivity index is 2.18. The molecule has 0 aliphatic rings. The summed E-state index contributed by atoms with van der Waals surface area (Å²) in [5.41, 5.74) is 1.02. The number of nitrogens with one attached hydrogen (secondary N) is 1. The van der Waals surface area contributed by atoms with Crippen molar-refractivity contribution in [3.05, 3.63) is 52.2 Å². The normalized spacial score (nSPS) is 12.6. The second-order valence-electron chi connectivity index (χ2n) is 3.65. The van der Waals surface area contributed by atoms with E-state index in [9.17, 15) is 0 Å². The van der Waals surface area contributed by atoms with E-state index < -0.39 is 0 Å². The summed E-state index contributed by atoms with van der Waals surface area (Å²) in [5.74, 6) is 0.797. The molecule has 0 radical (unpaired) electrons. The topological polar surface area (TPSA) is 38.1 Å². The van der Waals surface area contributed by atoms with Gasteiger partial charge in [0.15, 0.2) is 5.22 Å². The molecular formula is C12H12Cl2N2O. The zero-order valence-electron chi connectivity index (χ0n) is 9.28. The number of pyridine rings is 1. The zero-order chi connectivity index (χ0) is 12.3. The molecule has 0 aliphatic carbocycles. The summed E-state index contributed by atoms with van der Waals surface area (Å²) < 4.78 is 5.39. The van der Waals surface area contributed by atoms with Crippen LogP contribution in [-0.2, 0) is 6.42 Å². The molecule has 2 heterocycles. The van der Waals surface area contributed by atoms with E-state index in [1.807, 2.05) is 19.2 Å². The Labute approximate surface area is 110 Å². The Morgan fingerprint density at radius 3 is 2.76 bits per heavy atom. The minimum atomic E-state index is 0.0439. The van der Waals surface area contributed by atoms with Crippen molar-refractivity contribution in [2.75, 3.05) is 7.05 Å². The summed E-state index contributed by atoms with van der Waals surface area (Å²) in [5, 5.41) is 4.22. The molecule has 2 aromatic rings. The SMILES string of the molecule is CNC(Cc1ccncc1Cl)c1ccc(Cl)o1. The lowest BCUT2D eigenvalue weighted by atomic mass is 10.1. The van der Waals surface area contributed by atoms with Crippen LogP contribution >= 0.6 is 23.2 Å². The van der Waals surface area contributed by atoms with Crippen LogP contribution < -0.4 is 5.32 Å². The molecule has 2 rings (SSSR count). The van der Waals surface area contributed by atoms with Crippen LogP contribution in [0.4, 0.5) is 0 Å². The van der Waals surface area contributed by atoms with Crippen molar-refractivity contribution in [2.24, 2.45) is 0 Å². The van der Waals surface area contributed by atoms with E-state index in [4.69, 9.17) is 27.6 Å². The Kier molecular flexibility index (Phi) is 4.05. The molecule has 0 saturated carbocycles. The van der Waals surface area contributed by atoms with E-state index >= 15 is 0 Å². The van der Waals surface area contributed by atoms with Crippen molar-refractivity contribution in [2.45, 2.75) is 12.5 Å². The fourth-order valence-corrected chi connectivity index (χ4v) is 2.00. The van der Waals surface area contributed by atoms with E-state index in [0.29, 0.717) is 10.2 Å². The van der Waals surface area contributed by atoms with E-state index in [1.165, 1.54) is 0 Å². The molecule has 3 nitrogen and oxygen atoms in total. The smallest absolute Gasteiger partial charge is 0.193 e. The molecule has 0 amide bonds. The number of hydrogen-bond acceptors (Lipinski definition) is 3. The van der Waals surface area contributed by atoms with E-state index in [1.54, 1.807) is 18.5 Å². The van der Waals surface area contributed by atoms with E-state index in [2.05, 4.69) is 10.3 Å². The number of hydrogen-bond donors (Lipinski definition) is 1. The highest BCUT2D eigenvalue weighted by Gasteiger charge is 2.15. The number of likely N-dealkylation sites (N-methyl/N-ethyl adjacent to an activating group) is 1. The van der Waals surface area contributed by atoms with Crippen LogP contribution in [0.15, 0.2) is 35.0 Å². The van der Waals surface area contributed by atoms with Gasteiger partial charge in [-0.3, -0.25) is 4.98 Å². The Bertz CT molecular complexity index is 499. The second kappa shape index (κ2) is 5.54. The molecule has 0 saturated heterocycles. The van der Waals surface area contributed by atoms with Crippen LogP contribution in [0.2, 0.25) is 10.2 Å². The highest BCUT2D eigenvalue weighted by Crippen LogP contribution is 2.25. The zero-order valence-corrected chi connectivity index (χ0v) is 10.8. The number of furan rings is 1. The maximum Gasteiger partial charge on any atom is 0.193 e. The van der Waals surface area contributed by atoms with Gasteiger partial charge < -0.3 is 9.73 Å². The maximum absolute atomic E-state index is 6.07. The predicted octanol–water partition coefficient (Wildman–Crippen LogP) is 3.48. The number of rotatable bonds is 4. The minimum absolute atomic E-state index is 0.0439. The van der Waals surface area contributed by atoms with Crippen molar-refractivity contribution in [1.82, 2.24) is 10.3 Å². The summed E-state index contributed by atoms with van der Waals surface area (Å²) in [4.78, 5) is 3.96. The van der Waals surface area contributed by atoms with Gasteiger partial charge in [-0.25, -0.2) is 0 Å². The molecule has 1 unspecified atom stereocenters. The van der Waals surface area contributed by atoms with Crippen molar-refractivity contribution < 1.29 is 4.42 Å². The molecule has 1 atom stereocenters. The first-order valence-corrected chi connectivity index (χ1v) is 5.97. The van der Waals surface area contributed by atoms with Crippen LogP contribution in [0.3, 0.4) is 0 Å². The molecular weight excluding hydrogens is 259 g/mol. The molecule has 0 fully saturated rings. The summed E-state index contributed by atoms with van der Waals surface area (Å²) in [6.07, 6.45) is 4.09. The average Bonchev–Trinajstić information content (AvgIpc) is 2.75. The summed E-state index contributed by atoms with van der Waals surface area (Å²) in [6.45, 7) is 0. The molecule has 0 aliphatic heterocycles. The van der Waals surface area contributed by atoms with Crippen LogP contribution in [-0.4, -0.2) is 12.0 Å². The standard InChI is InChI=1S/C12H12Cl2N2O/c1-15-10(11-2-3-12(14)17-11)6-8-4-5-16-7-9(8)13/h2-5,7,10,15H,6H2,1H3. The number of aromatic nitrogens is 1. The van der Waals surface area contributed by atoms with Gasteiger partial charge in [-0.2, -0.15) is 0 Å². The lowest BCUT2D eigenvalue weighted by Crippen LogP contribution is -2.18. The molecule has 17 heavy (non-hydrogen) atoms. The maximum atomic E-state index is 6.07. The third kappa shape index (κ3) is 3.00. The molecule has 90 valence electrons. The summed E-state index contributed by atoms with van der Waals surface area (Å²) in [6, 6.07) is 5.54. The molecule has 0 spiro atoms. The van der Waals surface area contributed by atoms with Gasteiger partial charge in [0.1, 0.15) is 5.76 Å². The van der Waals surface area contributed by atoms with Gasteiger partial charge >= 0.3 is 0 Å². The van der Waals surface area contributed by atoms with Gasteiger partial charge in [-0.15, -0.1) is 0 Å². The van der Waals surface area contributed by atoms with Crippen molar-refractivity contribution in [1.29, 1.82) is 0 Å². The second-order valence-corrected chi connectivity index (χ2v) is 4.43. The largest absolute Gasteiger partial charge is 0.448 e. The third-order valence-electron chi connectivity index (χ3n) is 2.57. The lowest BCUT2D eigenvalue weighted by Gasteiger charge is -2.14. The summed E-state index contributed by atoms with van der Waals surface area (Å²) >= 11 is 11.8. The van der Waals surface area contributed by atoms with Gasteiger partial charge in [0.25, 0.3) is 0 Å². The van der Waals surface area contributed by atoms with Gasteiger partial charge in [-0.1, -0.05) is 11.6 Å². The third-order valence-corrected chi connectivity index (χ3v) is 3.11. The highest BCUT2D eigenvalue weighted by molar-refractivity contribution is 6.31. The van der Waals surface area contributed by atoms with Crippen LogP contribution in [0, 0.1) is 0 Å². The van der Waals surface area contributed by atoms with Crippen molar-refractivity contribution in [3.63, 3.8) is 0 Å². The predicted molar refractivity (Wildman–Crippen MR) is 68.5 cm³/mol. The summed E-state index contributed by atoms with van der Waals surface area (Å²) in [7, 11) is 1.87. The van der Waals surface area contributed by atoms with Crippen LogP contribution in [0.5, 0.6) is 0 Å². The van der Waals surface area contributed by atoms with Gasteiger partial charge in [0.2, 0.25) is 0 Å². The lowest BCUT2D eigenvalue weighted by molar-refractivity contribution is 0.430. The number of nitrogens with zero attached hydrogens (tertiary/aromatic N) is 1. The minimum Gasteiger partial charge on any atom is -0.448 e. The average molecular weight is 271 g/mol.